The Hall–Kier alpha value is -2.94. The molecule has 138 valence electrons. The van der Waals surface area contributed by atoms with Gasteiger partial charge in [0.1, 0.15) is 5.75 Å². The summed E-state index contributed by atoms with van der Waals surface area (Å²) in [5.41, 5.74) is 0.588. The minimum Gasteiger partial charge on any atom is -0.497 e. The first-order valence-corrected chi connectivity index (χ1v) is 8.64. The summed E-state index contributed by atoms with van der Waals surface area (Å²) in [6, 6.07) is 4.36. The molecule has 26 heavy (non-hydrogen) atoms. The van der Waals surface area contributed by atoms with Gasteiger partial charge >= 0.3 is 5.97 Å². The fourth-order valence-electron chi connectivity index (χ4n) is 1.99. The number of thiazole rings is 1. The third kappa shape index (κ3) is 5.03. The minimum atomic E-state index is -1.17. The maximum absolute atomic E-state index is 12.2. The molecule has 1 aromatic heterocycles. The standard InChI is InChI=1S/C17H19N3O5S/c1-9(2)15(22)20-17-18-10(8-26-17)6-14(21)19-13-5-4-11(25-3)7-12(13)16(23)24/h4-5,7-9H,6H2,1-3H3,(H,19,21)(H,23,24)(H,18,20,22). The molecule has 0 aliphatic carbocycles. The van der Waals surface area contributed by atoms with Crippen molar-refractivity contribution < 1.29 is 24.2 Å². The molecule has 0 fully saturated rings. The van der Waals surface area contributed by atoms with Crippen LogP contribution in [-0.2, 0) is 16.0 Å². The zero-order valence-corrected chi connectivity index (χ0v) is 15.3. The number of anilines is 2. The van der Waals surface area contributed by atoms with E-state index >= 15 is 0 Å². The van der Waals surface area contributed by atoms with Gasteiger partial charge in [-0.1, -0.05) is 13.8 Å². The number of hydrogen-bond donors (Lipinski definition) is 3. The Morgan fingerprint density at radius 1 is 1.27 bits per heavy atom. The van der Waals surface area contributed by atoms with Crippen LogP contribution < -0.4 is 15.4 Å². The van der Waals surface area contributed by atoms with Gasteiger partial charge in [-0.15, -0.1) is 11.3 Å². The van der Waals surface area contributed by atoms with Crippen LogP contribution in [0.5, 0.6) is 5.75 Å². The third-order valence-electron chi connectivity index (χ3n) is 3.38. The highest BCUT2D eigenvalue weighted by molar-refractivity contribution is 7.13. The van der Waals surface area contributed by atoms with Crippen LogP contribution in [0.4, 0.5) is 10.8 Å². The monoisotopic (exact) mass is 377 g/mol. The van der Waals surface area contributed by atoms with E-state index in [9.17, 15) is 19.5 Å². The van der Waals surface area contributed by atoms with E-state index in [2.05, 4.69) is 15.6 Å². The molecular weight excluding hydrogens is 358 g/mol. The molecular formula is C17H19N3O5S. The summed E-state index contributed by atoms with van der Waals surface area (Å²) in [7, 11) is 1.43. The van der Waals surface area contributed by atoms with E-state index in [0.29, 0.717) is 16.6 Å². The lowest BCUT2D eigenvalue weighted by Gasteiger charge is -2.09. The maximum Gasteiger partial charge on any atom is 0.337 e. The fourth-order valence-corrected chi connectivity index (χ4v) is 2.70. The quantitative estimate of drug-likeness (QED) is 0.683. The molecule has 9 heteroatoms. The summed E-state index contributed by atoms with van der Waals surface area (Å²) in [5.74, 6) is -1.53. The Morgan fingerprint density at radius 3 is 2.62 bits per heavy atom. The van der Waals surface area contributed by atoms with Crippen molar-refractivity contribution >= 4 is 39.9 Å². The van der Waals surface area contributed by atoms with Gasteiger partial charge < -0.3 is 20.5 Å². The van der Waals surface area contributed by atoms with Gasteiger partial charge in [0, 0.05) is 11.3 Å². The number of nitrogens with one attached hydrogen (secondary N) is 2. The lowest BCUT2D eigenvalue weighted by Crippen LogP contribution is -2.18. The molecule has 0 spiro atoms. The van der Waals surface area contributed by atoms with E-state index in [1.54, 1.807) is 25.3 Å². The van der Waals surface area contributed by atoms with Crippen molar-refractivity contribution in [3.05, 3.63) is 34.8 Å². The number of benzene rings is 1. The van der Waals surface area contributed by atoms with Crippen LogP contribution in [0.25, 0.3) is 0 Å². The fraction of sp³-hybridized carbons (Fsp3) is 0.294. The summed E-state index contributed by atoms with van der Waals surface area (Å²) >= 11 is 1.22. The molecule has 1 heterocycles. The van der Waals surface area contributed by atoms with Gasteiger partial charge in [0.05, 0.1) is 30.5 Å². The SMILES string of the molecule is COc1ccc(NC(=O)Cc2csc(NC(=O)C(C)C)n2)c(C(=O)O)c1. The number of aromatic carboxylic acids is 1. The van der Waals surface area contributed by atoms with Crippen molar-refractivity contribution in [1.82, 2.24) is 4.98 Å². The van der Waals surface area contributed by atoms with Gasteiger partial charge in [-0.05, 0) is 18.2 Å². The van der Waals surface area contributed by atoms with Crippen LogP contribution in [0.2, 0.25) is 0 Å². The van der Waals surface area contributed by atoms with Crippen LogP contribution in [0.1, 0.15) is 29.9 Å². The molecule has 0 unspecified atom stereocenters. The number of ether oxygens (including phenoxy) is 1. The van der Waals surface area contributed by atoms with Crippen molar-refractivity contribution in [3.8, 4) is 5.75 Å². The van der Waals surface area contributed by atoms with Gasteiger partial charge in [0.25, 0.3) is 0 Å². The number of aromatic nitrogens is 1. The second kappa shape index (κ2) is 8.43. The molecule has 2 aromatic rings. The Bertz CT molecular complexity index is 832. The van der Waals surface area contributed by atoms with E-state index < -0.39 is 11.9 Å². The first kappa shape index (κ1) is 19.4. The van der Waals surface area contributed by atoms with Gasteiger partial charge in [0.2, 0.25) is 11.8 Å². The Morgan fingerprint density at radius 2 is 2.00 bits per heavy atom. The summed E-state index contributed by atoms with van der Waals surface area (Å²) in [6.45, 7) is 3.54. The minimum absolute atomic E-state index is 0.0425. The molecule has 0 saturated carbocycles. The molecule has 3 N–H and O–H groups in total. The first-order chi connectivity index (χ1) is 12.3. The van der Waals surface area contributed by atoms with E-state index in [1.165, 1.54) is 30.6 Å². The summed E-state index contributed by atoms with van der Waals surface area (Å²) in [5, 5.41) is 16.6. The first-order valence-electron chi connectivity index (χ1n) is 7.76. The number of carboxylic acids is 1. The van der Waals surface area contributed by atoms with Gasteiger partial charge in [0.15, 0.2) is 5.13 Å². The highest BCUT2D eigenvalue weighted by Gasteiger charge is 2.16. The summed E-state index contributed by atoms with van der Waals surface area (Å²) in [4.78, 5) is 39.4. The maximum atomic E-state index is 12.2. The van der Waals surface area contributed by atoms with E-state index in [0.717, 1.165) is 0 Å². The smallest absolute Gasteiger partial charge is 0.337 e. The molecule has 0 aliphatic rings. The van der Waals surface area contributed by atoms with Crippen molar-refractivity contribution in [1.29, 1.82) is 0 Å². The molecule has 0 bridgehead atoms. The Labute approximate surface area is 154 Å². The number of carboxylic acid groups (broad SMARTS) is 1. The van der Waals surface area contributed by atoms with Gasteiger partial charge in [-0.2, -0.15) is 0 Å². The molecule has 1 aromatic carbocycles. The third-order valence-corrected chi connectivity index (χ3v) is 4.19. The van der Waals surface area contributed by atoms with Crippen LogP contribution in [-0.4, -0.2) is 35.0 Å². The predicted octanol–water partition coefficient (Wildman–Crippen LogP) is 2.63. The normalized spacial score (nSPS) is 10.5. The second-order valence-electron chi connectivity index (χ2n) is 5.73. The van der Waals surface area contributed by atoms with Gasteiger partial charge in [-0.25, -0.2) is 9.78 Å². The number of carbonyl (C=O) groups excluding carboxylic acids is 2. The van der Waals surface area contributed by atoms with E-state index in [4.69, 9.17) is 4.74 Å². The van der Waals surface area contributed by atoms with E-state index in [1.807, 2.05) is 0 Å². The van der Waals surface area contributed by atoms with Crippen LogP contribution in [0, 0.1) is 5.92 Å². The topological polar surface area (TPSA) is 118 Å². The van der Waals surface area contributed by atoms with E-state index in [-0.39, 0.29) is 29.5 Å². The molecule has 0 radical (unpaired) electrons. The summed E-state index contributed by atoms with van der Waals surface area (Å²) in [6.07, 6.45) is -0.0425. The number of nitrogens with zero attached hydrogens (tertiary/aromatic N) is 1. The molecule has 2 rings (SSSR count). The molecule has 0 aliphatic heterocycles. The molecule has 0 atom stereocenters. The number of amides is 2. The number of hydrogen-bond acceptors (Lipinski definition) is 6. The van der Waals surface area contributed by atoms with Crippen molar-refractivity contribution in [2.24, 2.45) is 5.92 Å². The van der Waals surface area contributed by atoms with Gasteiger partial charge in [-0.3, -0.25) is 9.59 Å². The van der Waals surface area contributed by atoms with Crippen LogP contribution in [0.15, 0.2) is 23.6 Å². The molecule has 0 saturated heterocycles. The summed E-state index contributed by atoms with van der Waals surface area (Å²) < 4.78 is 4.99. The molecule has 2 amide bonds. The number of rotatable bonds is 7. The van der Waals surface area contributed by atoms with Crippen LogP contribution in [0.3, 0.4) is 0 Å². The second-order valence-corrected chi connectivity index (χ2v) is 6.59. The molecule has 8 nitrogen and oxygen atoms in total. The largest absolute Gasteiger partial charge is 0.497 e. The predicted molar refractivity (Wildman–Crippen MR) is 97.9 cm³/mol. The zero-order chi connectivity index (χ0) is 19.3. The van der Waals surface area contributed by atoms with Crippen molar-refractivity contribution in [2.45, 2.75) is 20.3 Å². The Balaban J connectivity index is 2.04. The zero-order valence-electron chi connectivity index (χ0n) is 14.5. The lowest BCUT2D eigenvalue weighted by molar-refractivity contribution is -0.119. The van der Waals surface area contributed by atoms with Crippen molar-refractivity contribution in [2.75, 3.05) is 17.7 Å². The Kier molecular flexibility index (Phi) is 6.29. The highest BCUT2D eigenvalue weighted by atomic mass is 32.1. The van der Waals surface area contributed by atoms with Crippen LogP contribution >= 0.6 is 11.3 Å². The average Bonchev–Trinajstić information content (AvgIpc) is 3.01. The number of carbonyl (C=O) groups is 3. The lowest BCUT2D eigenvalue weighted by atomic mass is 10.1. The van der Waals surface area contributed by atoms with Crippen molar-refractivity contribution in [3.63, 3.8) is 0 Å². The average molecular weight is 377 g/mol. The number of methoxy groups -OCH3 is 1. The highest BCUT2D eigenvalue weighted by Crippen LogP contribution is 2.23.